The maximum absolute atomic E-state index is 13.3. The molecule has 0 bridgehead atoms. The molecule has 0 spiro atoms. The highest BCUT2D eigenvalue weighted by molar-refractivity contribution is 6.10. The zero-order valence-corrected chi connectivity index (χ0v) is 16.8. The number of halogens is 1. The molecule has 0 unspecified atom stereocenters. The average molecular weight is 422 g/mol. The second-order valence-corrected chi connectivity index (χ2v) is 6.85. The molecular formula is C22H19FN4O4. The number of anilines is 3. The van der Waals surface area contributed by atoms with E-state index < -0.39 is 22.6 Å². The zero-order chi connectivity index (χ0) is 22.5. The number of amides is 2. The van der Waals surface area contributed by atoms with E-state index in [2.05, 4.69) is 10.6 Å². The van der Waals surface area contributed by atoms with Crippen LogP contribution in [-0.2, 0) is 0 Å². The Morgan fingerprint density at radius 1 is 0.903 bits per heavy atom. The van der Waals surface area contributed by atoms with Crippen molar-refractivity contribution in [3.8, 4) is 0 Å². The molecule has 0 atom stereocenters. The number of nitrogens with one attached hydrogen (secondary N) is 2. The summed E-state index contributed by atoms with van der Waals surface area (Å²) in [6.45, 7) is 0. The van der Waals surface area contributed by atoms with Crippen LogP contribution in [0.5, 0.6) is 0 Å². The molecule has 0 saturated carbocycles. The molecule has 0 aliphatic carbocycles. The normalized spacial score (nSPS) is 10.3. The molecule has 0 radical (unpaired) electrons. The second-order valence-electron chi connectivity index (χ2n) is 6.85. The van der Waals surface area contributed by atoms with Crippen molar-refractivity contribution in [3.63, 3.8) is 0 Å². The van der Waals surface area contributed by atoms with E-state index in [1.807, 2.05) is 0 Å². The number of carbonyl (C=O) groups is 2. The van der Waals surface area contributed by atoms with Crippen molar-refractivity contribution >= 4 is 34.6 Å². The first-order valence-electron chi connectivity index (χ1n) is 9.18. The molecule has 2 N–H and O–H groups in total. The van der Waals surface area contributed by atoms with E-state index in [0.29, 0.717) is 17.1 Å². The Morgan fingerprint density at radius 3 is 2.19 bits per heavy atom. The van der Waals surface area contributed by atoms with Crippen LogP contribution >= 0.6 is 0 Å². The molecule has 0 heterocycles. The minimum atomic E-state index is -0.576. The highest BCUT2D eigenvalue weighted by Gasteiger charge is 2.18. The Bertz CT molecular complexity index is 1160. The molecule has 0 aliphatic heterocycles. The van der Waals surface area contributed by atoms with Gasteiger partial charge in [0.05, 0.1) is 10.5 Å². The summed E-state index contributed by atoms with van der Waals surface area (Å²) in [5.74, 6) is -1.52. The van der Waals surface area contributed by atoms with Gasteiger partial charge in [-0.05, 0) is 42.5 Å². The summed E-state index contributed by atoms with van der Waals surface area (Å²) in [7, 11) is 3.44. The molecule has 31 heavy (non-hydrogen) atoms. The first kappa shape index (κ1) is 21.4. The fourth-order valence-corrected chi connectivity index (χ4v) is 2.92. The van der Waals surface area contributed by atoms with Crippen molar-refractivity contribution in [1.29, 1.82) is 0 Å². The summed E-state index contributed by atoms with van der Waals surface area (Å²) < 4.78 is 13.3. The van der Waals surface area contributed by atoms with Crippen molar-refractivity contribution in [2.45, 2.75) is 0 Å². The van der Waals surface area contributed by atoms with Crippen molar-refractivity contribution in [2.24, 2.45) is 0 Å². The second kappa shape index (κ2) is 9.04. The van der Waals surface area contributed by atoms with Crippen molar-refractivity contribution < 1.29 is 18.9 Å². The molecular weight excluding hydrogens is 403 g/mol. The summed E-state index contributed by atoms with van der Waals surface area (Å²) >= 11 is 0. The van der Waals surface area contributed by atoms with Gasteiger partial charge in [0.2, 0.25) is 0 Å². The third kappa shape index (κ3) is 5.21. The Morgan fingerprint density at radius 2 is 1.55 bits per heavy atom. The van der Waals surface area contributed by atoms with Gasteiger partial charge in [0.25, 0.3) is 17.5 Å². The predicted octanol–water partition coefficient (Wildman–Crippen LogP) is 4.30. The summed E-state index contributed by atoms with van der Waals surface area (Å²) in [4.78, 5) is 37.5. The lowest BCUT2D eigenvalue weighted by atomic mass is 10.1. The number of nitrogens with zero attached hydrogens (tertiary/aromatic N) is 2. The van der Waals surface area contributed by atoms with E-state index in [0.717, 1.165) is 0 Å². The third-order valence-electron chi connectivity index (χ3n) is 4.38. The molecule has 9 heteroatoms. The van der Waals surface area contributed by atoms with E-state index in [-0.39, 0.29) is 16.8 Å². The monoisotopic (exact) mass is 422 g/mol. The highest BCUT2D eigenvalue weighted by atomic mass is 19.1. The fourth-order valence-electron chi connectivity index (χ4n) is 2.92. The van der Waals surface area contributed by atoms with E-state index in [1.165, 1.54) is 42.5 Å². The number of benzene rings is 3. The van der Waals surface area contributed by atoms with Crippen molar-refractivity contribution in [3.05, 3.63) is 93.8 Å². The van der Waals surface area contributed by atoms with Gasteiger partial charge in [-0.1, -0.05) is 12.1 Å². The number of nitro groups is 1. The van der Waals surface area contributed by atoms with Gasteiger partial charge in [0.1, 0.15) is 5.82 Å². The predicted molar refractivity (Wildman–Crippen MR) is 116 cm³/mol. The molecule has 3 rings (SSSR count). The summed E-state index contributed by atoms with van der Waals surface area (Å²) in [6.07, 6.45) is 0. The zero-order valence-electron chi connectivity index (χ0n) is 16.8. The van der Waals surface area contributed by atoms with Crippen LogP contribution in [0.4, 0.5) is 27.1 Å². The van der Waals surface area contributed by atoms with Gasteiger partial charge in [-0.3, -0.25) is 19.7 Å². The van der Waals surface area contributed by atoms with Crippen LogP contribution in [0.25, 0.3) is 0 Å². The number of carbonyl (C=O) groups excluding carboxylic acids is 2. The SMILES string of the molecule is CN(C)c1ccc([N+](=O)[O-])cc1C(=O)Nc1cccc(C(=O)Nc2cccc(F)c2)c1. The number of nitro benzene ring substituents is 1. The van der Waals surface area contributed by atoms with Gasteiger partial charge in [0.15, 0.2) is 0 Å². The minimum Gasteiger partial charge on any atom is -0.377 e. The maximum atomic E-state index is 13.3. The van der Waals surface area contributed by atoms with E-state index in [4.69, 9.17) is 0 Å². The van der Waals surface area contributed by atoms with Crippen LogP contribution in [0.1, 0.15) is 20.7 Å². The van der Waals surface area contributed by atoms with Gasteiger partial charge in [-0.25, -0.2) is 4.39 Å². The van der Waals surface area contributed by atoms with E-state index in [9.17, 15) is 24.1 Å². The summed E-state index contributed by atoms with van der Waals surface area (Å²) in [5, 5.41) is 16.3. The number of non-ortho nitro benzene ring substituents is 1. The van der Waals surface area contributed by atoms with Gasteiger partial charge in [-0.15, -0.1) is 0 Å². The van der Waals surface area contributed by atoms with Crippen molar-refractivity contribution in [2.75, 3.05) is 29.6 Å². The third-order valence-corrected chi connectivity index (χ3v) is 4.38. The van der Waals surface area contributed by atoms with Gasteiger partial charge >= 0.3 is 0 Å². The van der Waals surface area contributed by atoms with Gasteiger partial charge in [-0.2, -0.15) is 0 Å². The van der Waals surface area contributed by atoms with Crippen molar-refractivity contribution in [1.82, 2.24) is 0 Å². The lowest BCUT2D eigenvalue weighted by Crippen LogP contribution is -2.19. The van der Waals surface area contributed by atoms with E-state index >= 15 is 0 Å². The average Bonchev–Trinajstić information content (AvgIpc) is 2.73. The first-order chi connectivity index (χ1) is 14.7. The summed E-state index contributed by atoms with van der Waals surface area (Å²) in [6, 6.07) is 15.7. The topological polar surface area (TPSA) is 105 Å². The molecule has 8 nitrogen and oxygen atoms in total. The summed E-state index contributed by atoms with van der Waals surface area (Å²) in [5.41, 5.74) is 1.28. The number of hydrogen-bond acceptors (Lipinski definition) is 5. The van der Waals surface area contributed by atoms with Crippen LogP contribution in [0.3, 0.4) is 0 Å². The molecule has 0 aromatic heterocycles. The first-order valence-corrected chi connectivity index (χ1v) is 9.18. The Kier molecular flexibility index (Phi) is 6.25. The number of hydrogen-bond donors (Lipinski definition) is 2. The maximum Gasteiger partial charge on any atom is 0.270 e. The Hall–Kier alpha value is -4.27. The van der Waals surface area contributed by atoms with Gasteiger partial charge in [0, 0.05) is 48.9 Å². The smallest absolute Gasteiger partial charge is 0.270 e. The van der Waals surface area contributed by atoms with Crippen LogP contribution < -0.4 is 15.5 Å². The largest absolute Gasteiger partial charge is 0.377 e. The quantitative estimate of drug-likeness (QED) is 0.455. The molecule has 0 aliphatic rings. The van der Waals surface area contributed by atoms with Crippen LogP contribution in [-0.4, -0.2) is 30.8 Å². The molecule has 0 saturated heterocycles. The van der Waals surface area contributed by atoms with Crippen LogP contribution in [0, 0.1) is 15.9 Å². The Balaban J connectivity index is 1.82. The highest BCUT2D eigenvalue weighted by Crippen LogP contribution is 2.25. The molecule has 2 amide bonds. The lowest BCUT2D eigenvalue weighted by molar-refractivity contribution is -0.384. The minimum absolute atomic E-state index is 0.119. The van der Waals surface area contributed by atoms with Crippen LogP contribution in [0.2, 0.25) is 0 Å². The standard InChI is InChI=1S/C22H19FN4O4/c1-26(2)20-10-9-18(27(30)31)13-19(20)22(29)25-16-7-3-5-14(11-16)21(28)24-17-8-4-6-15(23)12-17/h3-13H,1-2H3,(H,24,28)(H,25,29). The number of rotatable bonds is 6. The molecule has 0 fully saturated rings. The van der Waals surface area contributed by atoms with Gasteiger partial charge < -0.3 is 15.5 Å². The fraction of sp³-hybridized carbons (Fsp3) is 0.0909. The molecule has 3 aromatic carbocycles. The van der Waals surface area contributed by atoms with Crippen LogP contribution in [0.15, 0.2) is 66.7 Å². The lowest BCUT2D eigenvalue weighted by Gasteiger charge is -2.17. The Labute approximate surface area is 177 Å². The molecule has 158 valence electrons. The molecule has 3 aromatic rings. The van der Waals surface area contributed by atoms with E-state index in [1.54, 1.807) is 43.3 Å².